The molecule has 14 aromatic rings. The smallest absolute Gasteiger partial charge is 0.145 e. The zero-order valence-corrected chi connectivity index (χ0v) is 40.0. The Kier molecular flexibility index (Phi) is 8.74. The summed E-state index contributed by atoms with van der Waals surface area (Å²) in [4.78, 5) is 5.16. The van der Waals surface area contributed by atoms with Crippen LogP contribution in [-0.2, 0) is 5.41 Å². The van der Waals surface area contributed by atoms with Crippen molar-refractivity contribution in [1.82, 2.24) is 9.55 Å². The Morgan fingerprint density at radius 1 is 0.319 bits per heavy atom. The molecule has 1 heterocycles. The van der Waals surface area contributed by atoms with Gasteiger partial charge in [0.05, 0.1) is 11.0 Å². The van der Waals surface area contributed by atoms with Crippen molar-refractivity contribution in [3.8, 4) is 61.6 Å². The Bertz CT molecular complexity index is 4570. The molecule has 0 atom stereocenters. The van der Waals surface area contributed by atoms with Crippen molar-refractivity contribution in [3.63, 3.8) is 0 Å². The van der Waals surface area contributed by atoms with Crippen LogP contribution in [0.4, 0.5) is 0 Å². The third kappa shape index (κ3) is 5.93. The van der Waals surface area contributed by atoms with Crippen LogP contribution in [0.5, 0.6) is 0 Å². The van der Waals surface area contributed by atoms with Gasteiger partial charge < -0.3 is 0 Å². The van der Waals surface area contributed by atoms with Crippen molar-refractivity contribution < 1.29 is 0 Å². The number of hydrogen-bond donors (Lipinski definition) is 0. The second kappa shape index (κ2) is 15.4. The summed E-state index contributed by atoms with van der Waals surface area (Å²) in [5.41, 5.74) is 16.8. The molecular formula is C70H46N2. The van der Waals surface area contributed by atoms with Gasteiger partial charge in [-0.2, -0.15) is 0 Å². The van der Waals surface area contributed by atoms with Crippen LogP contribution in [-0.4, -0.2) is 9.55 Å². The first-order chi connectivity index (χ1) is 35.5. The molecule has 15 rings (SSSR count). The molecule has 0 N–H and O–H groups in total. The minimum atomic E-state index is -0.278. The maximum atomic E-state index is 5.16. The molecule has 1 aromatic heterocycles. The van der Waals surface area contributed by atoms with Crippen LogP contribution >= 0.6 is 0 Å². The van der Waals surface area contributed by atoms with Crippen LogP contribution in [0.15, 0.2) is 243 Å². The summed E-state index contributed by atoms with van der Waals surface area (Å²) in [5.74, 6) is 0.936. The van der Waals surface area contributed by atoms with Crippen molar-refractivity contribution in [2.45, 2.75) is 19.3 Å². The lowest BCUT2D eigenvalue weighted by Gasteiger charge is -2.25. The maximum absolute atomic E-state index is 5.16. The third-order valence-corrected chi connectivity index (χ3v) is 15.9. The SMILES string of the molecule is CC1(C)c2cc(-c3ccc(-c4nc5ccccc5n4-c4ccccc4)cc3)ccc2-c2cc3c(-c4cc5ccccc5c5ccccc45)c4ccccc4c(-c4cc5ccccc5c5ccccc45)c3cc21. The lowest BCUT2D eigenvalue weighted by atomic mass is 9.78. The van der Waals surface area contributed by atoms with Crippen LogP contribution in [0.1, 0.15) is 25.0 Å². The number of benzene rings is 13. The summed E-state index contributed by atoms with van der Waals surface area (Å²) in [6.07, 6.45) is 0. The standard InChI is InChI=1S/C70H46N2/c1-70(2)63-40-45(43-32-34-44(35-33-43)69-71-65-30-16-17-31-66(65)72(69)48-20-4-3-5-21-48)36-37-55(63)58-41-61-62(42-64(58)70)68(60-39-47-19-7-9-23-50(47)52-25-11-13-27-54(52)60)57-29-15-14-28-56(57)67(61)59-38-46-18-6-8-22-49(46)51-24-10-12-26-53(51)59/h3-42H,1-2H3. The molecule has 0 saturated heterocycles. The molecule has 72 heavy (non-hydrogen) atoms. The van der Waals surface area contributed by atoms with Crippen LogP contribution in [0, 0.1) is 0 Å². The number of imidazole rings is 1. The van der Waals surface area contributed by atoms with Crippen LogP contribution in [0.3, 0.4) is 0 Å². The molecule has 2 nitrogen and oxygen atoms in total. The molecule has 0 amide bonds. The Morgan fingerprint density at radius 2 is 0.792 bits per heavy atom. The molecule has 0 spiro atoms. The molecule has 13 aromatic carbocycles. The summed E-state index contributed by atoms with van der Waals surface area (Å²) >= 11 is 0. The Balaban J connectivity index is 0.964. The third-order valence-electron chi connectivity index (χ3n) is 15.9. The minimum absolute atomic E-state index is 0.278. The number of para-hydroxylation sites is 3. The largest absolute Gasteiger partial charge is 0.292 e. The first-order valence-corrected chi connectivity index (χ1v) is 25.1. The lowest BCUT2D eigenvalue weighted by molar-refractivity contribution is 0.661. The molecule has 0 saturated carbocycles. The van der Waals surface area contributed by atoms with Gasteiger partial charge >= 0.3 is 0 Å². The zero-order valence-electron chi connectivity index (χ0n) is 40.0. The molecular weight excluding hydrogens is 869 g/mol. The predicted octanol–water partition coefficient (Wildman–Crippen LogP) is 18.9. The molecule has 336 valence electrons. The zero-order chi connectivity index (χ0) is 47.7. The Hall–Kier alpha value is -9.11. The van der Waals surface area contributed by atoms with Crippen LogP contribution in [0.2, 0.25) is 0 Å². The van der Waals surface area contributed by atoms with Gasteiger partial charge in [0, 0.05) is 16.7 Å². The van der Waals surface area contributed by atoms with E-state index < -0.39 is 0 Å². The average Bonchev–Trinajstić information content (AvgIpc) is 3.93. The second-order valence-corrected chi connectivity index (χ2v) is 20.2. The monoisotopic (exact) mass is 914 g/mol. The highest BCUT2D eigenvalue weighted by molar-refractivity contribution is 6.29. The van der Waals surface area contributed by atoms with Gasteiger partial charge in [0.15, 0.2) is 0 Å². The van der Waals surface area contributed by atoms with Crippen molar-refractivity contribution in [1.29, 1.82) is 0 Å². The number of hydrogen-bond acceptors (Lipinski definition) is 1. The first kappa shape index (κ1) is 40.7. The van der Waals surface area contributed by atoms with E-state index in [-0.39, 0.29) is 5.41 Å². The van der Waals surface area contributed by atoms with E-state index in [1.54, 1.807) is 0 Å². The number of fused-ring (bicyclic) bond motifs is 12. The van der Waals surface area contributed by atoms with Crippen LogP contribution < -0.4 is 0 Å². The summed E-state index contributed by atoms with van der Waals surface area (Å²) in [5, 5.41) is 15.2. The highest BCUT2D eigenvalue weighted by Crippen LogP contribution is 2.55. The van der Waals surface area contributed by atoms with E-state index in [1.807, 2.05) is 0 Å². The molecule has 2 heteroatoms. The molecule has 0 radical (unpaired) electrons. The predicted molar refractivity (Wildman–Crippen MR) is 305 cm³/mol. The maximum Gasteiger partial charge on any atom is 0.145 e. The summed E-state index contributed by atoms with van der Waals surface area (Å²) < 4.78 is 2.27. The first-order valence-electron chi connectivity index (χ1n) is 25.1. The van der Waals surface area contributed by atoms with E-state index in [1.165, 1.54) is 120 Å². The molecule has 0 fully saturated rings. The molecule has 1 aliphatic carbocycles. The van der Waals surface area contributed by atoms with Gasteiger partial charge in [0.1, 0.15) is 5.82 Å². The summed E-state index contributed by atoms with van der Waals surface area (Å²) in [6, 6.07) is 90.1. The molecule has 1 aliphatic rings. The normalized spacial score (nSPS) is 13.0. The van der Waals surface area contributed by atoms with Crippen molar-refractivity contribution in [3.05, 3.63) is 254 Å². The fraction of sp³-hybridized carbons (Fsp3) is 0.0429. The van der Waals surface area contributed by atoms with Crippen LogP contribution in [0.25, 0.3) is 137 Å². The summed E-state index contributed by atoms with van der Waals surface area (Å²) in [7, 11) is 0. The van der Waals surface area contributed by atoms with Gasteiger partial charge in [-0.25, -0.2) is 4.98 Å². The van der Waals surface area contributed by atoms with E-state index in [4.69, 9.17) is 4.98 Å². The van der Waals surface area contributed by atoms with E-state index in [2.05, 4.69) is 261 Å². The van der Waals surface area contributed by atoms with Gasteiger partial charge in [-0.3, -0.25) is 4.57 Å². The Morgan fingerprint density at radius 3 is 1.42 bits per heavy atom. The molecule has 0 aliphatic heterocycles. The topological polar surface area (TPSA) is 17.8 Å². The number of aromatic nitrogens is 2. The van der Waals surface area contributed by atoms with Crippen molar-refractivity contribution >= 4 is 75.7 Å². The summed E-state index contributed by atoms with van der Waals surface area (Å²) in [6.45, 7) is 4.85. The van der Waals surface area contributed by atoms with E-state index in [0.717, 1.165) is 28.1 Å². The number of nitrogens with zero attached hydrogens (tertiary/aromatic N) is 2. The minimum Gasteiger partial charge on any atom is -0.292 e. The molecule has 0 unspecified atom stereocenters. The van der Waals surface area contributed by atoms with E-state index in [0.29, 0.717) is 0 Å². The highest BCUT2D eigenvalue weighted by atomic mass is 15.1. The fourth-order valence-corrected chi connectivity index (χ4v) is 12.6. The quantitative estimate of drug-likeness (QED) is 0.124. The van der Waals surface area contributed by atoms with Gasteiger partial charge in [-0.05, 0) is 175 Å². The van der Waals surface area contributed by atoms with Gasteiger partial charge in [0.25, 0.3) is 0 Å². The highest BCUT2D eigenvalue weighted by Gasteiger charge is 2.37. The number of rotatable bonds is 5. The average molecular weight is 915 g/mol. The second-order valence-electron chi connectivity index (χ2n) is 20.2. The Labute approximate surface area is 417 Å². The lowest BCUT2D eigenvalue weighted by Crippen LogP contribution is -2.15. The fourth-order valence-electron chi connectivity index (χ4n) is 12.6. The van der Waals surface area contributed by atoms with Gasteiger partial charge in [0.2, 0.25) is 0 Å². The molecule has 0 bridgehead atoms. The van der Waals surface area contributed by atoms with Gasteiger partial charge in [-0.15, -0.1) is 0 Å². The van der Waals surface area contributed by atoms with E-state index in [9.17, 15) is 0 Å². The van der Waals surface area contributed by atoms with Gasteiger partial charge in [-0.1, -0.05) is 202 Å². The van der Waals surface area contributed by atoms with Crippen molar-refractivity contribution in [2.24, 2.45) is 0 Å². The van der Waals surface area contributed by atoms with Crippen molar-refractivity contribution in [2.75, 3.05) is 0 Å². The van der Waals surface area contributed by atoms with E-state index >= 15 is 0 Å².